The van der Waals surface area contributed by atoms with Gasteiger partial charge in [0.2, 0.25) is 0 Å². The number of benzene rings is 1. The highest BCUT2D eigenvalue weighted by Crippen LogP contribution is 2.30. The van der Waals surface area contributed by atoms with E-state index in [-0.39, 0.29) is 0 Å². The van der Waals surface area contributed by atoms with Gasteiger partial charge in [-0.05, 0) is 37.0 Å². The van der Waals surface area contributed by atoms with Crippen molar-refractivity contribution in [1.29, 1.82) is 0 Å². The fourth-order valence-electron chi connectivity index (χ4n) is 3.02. The highest BCUT2D eigenvalue weighted by molar-refractivity contribution is 8.02. The standard InChI is InChI=1S/C18H24N2OS/c1-14-4-7-17-15(12-14)5-6-16(19(17)2)13-18(22-3)20-8-10-21-11-9-20/h4-7,12-13,16H,8-11H2,1-3H3/b18-13-. The number of likely N-dealkylation sites (N-methyl/N-ethyl adjacent to an activating group) is 1. The molecule has 0 amide bonds. The number of rotatable bonds is 3. The van der Waals surface area contributed by atoms with Crippen LogP contribution in [0.1, 0.15) is 11.1 Å². The van der Waals surface area contributed by atoms with Crippen LogP contribution in [0.4, 0.5) is 5.69 Å². The van der Waals surface area contributed by atoms with Crippen LogP contribution in [0, 0.1) is 6.92 Å². The van der Waals surface area contributed by atoms with Gasteiger partial charge in [0.05, 0.1) is 24.3 Å². The zero-order valence-electron chi connectivity index (χ0n) is 13.6. The Balaban J connectivity index is 1.83. The molecule has 3 rings (SSSR count). The van der Waals surface area contributed by atoms with Crippen molar-refractivity contribution in [3.8, 4) is 0 Å². The number of fused-ring (bicyclic) bond motifs is 1. The van der Waals surface area contributed by atoms with Gasteiger partial charge < -0.3 is 14.5 Å². The Labute approximate surface area is 137 Å². The molecule has 0 N–H and O–H groups in total. The lowest BCUT2D eigenvalue weighted by atomic mass is 10.0. The van der Waals surface area contributed by atoms with Crippen LogP contribution in [0.15, 0.2) is 35.4 Å². The Morgan fingerprint density at radius 2 is 2.09 bits per heavy atom. The Hall–Kier alpha value is -1.39. The average Bonchev–Trinajstić information content (AvgIpc) is 2.55. The Bertz CT molecular complexity index is 591. The smallest absolute Gasteiger partial charge is 0.0689 e. The van der Waals surface area contributed by atoms with Gasteiger partial charge in [0, 0.05) is 25.8 Å². The van der Waals surface area contributed by atoms with Crippen molar-refractivity contribution in [2.75, 3.05) is 44.5 Å². The van der Waals surface area contributed by atoms with Crippen molar-refractivity contribution >= 4 is 23.5 Å². The van der Waals surface area contributed by atoms with E-state index in [2.05, 4.69) is 66.5 Å². The van der Waals surface area contributed by atoms with Crippen molar-refractivity contribution < 1.29 is 4.74 Å². The first kappa shape index (κ1) is 15.5. The minimum atomic E-state index is 0.306. The second-order valence-electron chi connectivity index (χ2n) is 5.83. The molecule has 1 aromatic rings. The molecule has 1 unspecified atom stereocenters. The molecule has 1 atom stereocenters. The minimum absolute atomic E-state index is 0.306. The van der Waals surface area contributed by atoms with Crippen LogP contribution >= 0.6 is 11.8 Å². The molecule has 0 spiro atoms. The lowest BCUT2D eigenvalue weighted by Crippen LogP contribution is -2.37. The molecule has 2 aliphatic heterocycles. The quantitative estimate of drug-likeness (QED) is 0.849. The van der Waals surface area contributed by atoms with Gasteiger partial charge in [-0.2, -0.15) is 0 Å². The summed E-state index contributed by atoms with van der Waals surface area (Å²) in [6.45, 7) is 5.78. The number of hydrogen-bond donors (Lipinski definition) is 0. The van der Waals surface area contributed by atoms with Gasteiger partial charge in [0.25, 0.3) is 0 Å². The van der Waals surface area contributed by atoms with Crippen LogP contribution in [0.2, 0.25) is 0 Å². The van der Waals surface area contributed by atoms with E-state index in [4.69, 9.17) is 4.74 Å². The van der Waals surface area contributed by atoms with Gasteiger partial charge in [-0.15, -0.1) is 11.8 Å². The van der Waals surface area contributed by atoms with Crippen molar-refractivity contribution in [2.24, 2.45) is 0 Å². The molecule has 0 aromatic heterocycles. The number of aryl methyl sites for hydroxylation is 1. The van der Waals surface area contributed by atoms with Crippen molar-refractivity contribution in [2.45, 2.75) is 13.0 Å². The summed E-state index contributed by atoms with van der Waals surface area (Å²) < 4.78 is 5.46. The molecular formula is C18H24N2OS. The maximum atomic E-state index is 5.46. The first-order valence-electron chi connectivity index (χ1n) is 7.79. The van der Waals surface area contributed by atoms with Gasteiger partial charge >= 0.3 is 0 Å². The van der Waals surface area contributed by atoms with Gasteiger partial charge in [0.15, 0.2) is 0 Å². The number of ether oxygens (including phenoxy) is 1. The Kier molecular flexibility index (Phi) is 4.79. The lowest BCUT2D eigenvalue weighted by molar-refractivity contribution is 0.0575. The topological polar surface area (TPSA) is 15.7 Å². The predicted octanol–water partition coefficient (Wildman–Crippen LogP) is 3.36. The first-order valence-corrected chi connectivity index (χ1v) is 9.01. The number of hydrogen-bond acceptors (Lipinski definition) is 4. The second kappa shape index (κ2) is 6.80. The molecule has 0 aliphatic carbocycles. The zero-order valence-corrected chi connectivity index (χ0v) is 14.4. The molecule has 0 radical (unpaired) electrons. The van der Waals surface area contributed by atoms with Crippen LogP contribution in [0.25, 0.3) is 6.08 Å². The van der Waals surface area contributed by atoms with Crippen LogP contribution in [-0.2, 0) is 4.74 Å². The first-order chi connectivity index (χ1) is 10.7. The Morgan fingerprint density at radius 3 is 2.82 bits per heavy atom. The molecule has 4 heteroatoms. The van der Waals surface area contributed by atoms with E-state index in [0.717, 1.165) is 26.3 Å². The van der Waals surface area contributed by atoms with Crippen LogP contribution in [0.3, 0.4) is 0 Å². The maximum Gasteiger partial charge on any atom is 0.0689 e. The van der Waals surface area contributed by atoms with E-state index in [9.17, 15) is 0 Å². The fourth-order valence-corrected chi connectivity index (χ4v) is 3.74. The van der Waals surface area contributed by atoms with Crippen molar-refractivity contribution in [1.82, 2.24) is 4.90 Å². The highest BCUT2D eigenvalue weighted by Gasteiger charge is 2.20. The summed E-state index contributed by atoms with van der Waals surface area (Å²) in [6.07, 6.45) is 9.07. The summed E-state index contributed by atoms with van der Waals surface area (Å²) in [5.41, 5.74) is 3.92. The molecular weight excluding hydrogens is 292 g/mol. The summed E-state index contributed by atoms with van der Waals surface area (Å²) in [4.78, 5) is 4.78. The van der Waals surface area contributed by atoms with E-state index >= 15 is 0 Å². The molecule has 0 bridgehead atoms. The summed E-state index contributed by atoms with van der Waals surface area (Å²) in [5.74, 6) is 0. The average molecular weight is 316 g/mol. The van der Waals surface area contributed by atoms with Crippen LogP contribution in [0.5, 0.6) is 0 Å². The summed E-state index contributed by atoms with van der Waals surface area (Å²) in [7, 11) is 2.18. The second-order valence-corrected chi connectivity index (χ2v) is 6.66. The zero-order chi connectivity index (χ0) is 15.5. The largest absolute Gasteiger partial charge is 0.378 e. The molecule has 118 valence electrons. The van der Waals surface area contributed by atoms with E-state index in [1.165, 1.54) is 21.8 Å². The monoisotopic (exact) mass is 316 g/mol. The molecule has 22 heavy (non-hydrogen) atoms. The van der Waals surface area contributed by atoms with Crippen molar-refractivity contribution in [3.63, 3.8) is 0 Å². The molecule has 2 heterocycles. The normalized spacial score (nSPS) is 22.0. The predicted molar refractivity (Wildman–Crippen MR) is 96.4 cm³/mol. The number of thioether (sulfide) groups is 1. The summed E-state index contributed by atoms with van der Waals surface area (Å²) >= 11 is 1.83. The lowest BCUT2D eigenvalue weighted by Gasteiger charge is -2.34. The third-order valence-corrected chi connectivity index (χ3v) is 5.14. The third-order valence-electron chi connectivity index (χ3n) is 4.33. The van der Waals surface area contributed by atoms with E-state index < -0.39 is 0 Å². The molecule has 1 saturated heterocycles. The van der Waals surface area contributed by atoms with E-state index in [1.54, 1.807) is 0 Å². The van der Waals surface area contributed by atoms with Gasteiger partial charge in [-0.1, -0.05) is 23.8 Å². The molecule has 1 aromatic carbocycles. The maximum absolute atomic E-state index is 5.46. The SMILES string of the molecule is CS/C(=C\C1C=Cc2cc(C)ccc2N1C)N1CCOCC1. The fraction of sp³-hybridized carbons (Fsp3) is 0.444. The minimum Gasteiger partial charge on any atom is -0.378 e. The van der Waals surface area contributed by atoms with Gasteiger partial charge in [-0.25, -0.2) is 0 Å². The third kappa shape index (κ3) is 3.18. The van der Waals surface area contributed by atoms with E-state index in [0.29, 0.717) is 6.04 Å². The molecule has 0 saturated carbocycles. The summed E-state index contributed by atoms with van der Waals surface area (Å²) in [6, 6.07) is 6.97. The van der Waals surface area contributed by atoms with E-state index in [1.807, 2.05) is 11.8 Å². The molecule has 3 nitrogen and oxygen atoms in total. The molecule has 1 fully saturated rings. The van der Waals surface area contributed by atoms with Gasteiger partial charge in [-0.3, -0.25) is 0 Å². The number of morpholine rings is 1. The van der Waals surface area contributed by atoms with Crippen LogP contribution < -0.4 is 4.90 Å². The van der Waals surface area contributed by atoms with Crippen molar-refractivity contribution in [3.05, 3.63) is 46.5 Å². The van der Waals surface area contributed by atoms with Crippen LogP contribution in [-0.4, -0.2) is 50.5 Å². The number of nitrogens with zero attached hydrogens (tertiary/aromatic N) is 2. The number of anilines is 1. The highest BCUT2D eigenvalue weighted by atomic mass is 32.2. The Morgan fingerprint density at radius 1 is 1.32 bits per heavy atom. The summed E-state index contributed by atoms with van der Waals surface area (Å²) in [5, 5.41) is 1.35. The van der Waals surface area contributed by atoms with Gasteiger partial charge in [0.1, 0.15) is 0 Å². The molecule has 2 aliphatic rings.